The van der Waals surface area contributed by atoms with E-state index in [1.54, 1.807) is 0 Å². The first-order valence-electron chi connectivity index (χ1n) is 14.6. The topological polar surface area (TPSA) is 62.6 Å². The van der Waals surface area contributed by atoms with E-state index < -0.39 is 6.17 Å². The van der Waals surface area contributed by atoms with Gasteiger partial charge in [-0.1, -0.05) is 35.9 Å². The lowest BCUT2D eigenvalue weighted by Gasteiger charge is -2.36. The Kier molecular flexibility index (Phi) is 6.07. The molecule has 8 rings (SSSR count). The van der Waals surface area contributed by atoms with Gasteiger partial charge in [-0.3, -0.25) is 4.90 Å². The molecule has 4 aliphatic rings. The third-order valence-corrected chi connectivity index (χ3v) is 9.80. The summed E-state index contributed by atoms with van der Waals surface area (Å²) in [5.41, 5.74) is 4.20. The minimum absolute atomic E-state index is 0.248. The highest BCUT2D eigenvalue weighted by Gasteiger charge is 2.49. The summed E-state index contributed by atoms with van der Waals surface area (Å²) in [5.74, 6) is 0.948. The number of ether oxygens (including phenoxy) is 1. The first-order chi connectivity index (χ1) is 20.1. The molecule has 2 aromatic carbocycles. The van der Waals surface area contributed by atoms with Gasteiger partial charge in [-0.05, 0) is 43.3 Å². The maximum absolute atomic E-state index is 14.4. The smallest absolute Gasteiger partial charge is 0.318 e. The fraction of sp³-hybridized carbons (Fsp3) is 0.452. The predicted octanol–water partition coefficient (Wildman–Crippen LogP) is 5.02. The summed E-state index contributed by atoms with van der Waals surface area (Å²) in [6.07, 6.45) is 6.42. The molecule has 2 atom stereocenters. The number of anilines is 2. The Labute approximate surface area is 243 Å². The third kappa shape index (κ3) is 4.32. The number of hydrogen-bond donors (Lipinski definition) is 0. The Hall–Kier alpha value is -3.43. The second-order valence-corrected chi connectivity index (χ2v) is 12.3. The number of imidazole rings is 1. The van der Waals surface area contributed by atoms with E-state index in [-0.39, 0.29) is 5.54 Å². The Morgan fingerprint density at radius 2 is 1.93 bits per heavy atom. The quantitative estimate of drug-likeness (QED) is 0.332. The number of hydrogen-bond acceptors (Lipinski definition) is 7. The van der Waals surface area contributed by atoms with Gasteiger partial charge < -0.3 is 19.1 Å². The Morgan fingerprint density at radius 1 is 1.02 bits per heavy atom. The van der Waals surface area contributed by atoms with Crippen molar-refractivity contribution in [1.29, 1.82) is 0 Å². The largest absolute Gasteiger partial charge is 0.461 e. The molecule has 41 heavy (non-hydrogen) atoms. The van der Waals surface area contributed by atoms with Gasteiger partial charge in [0.2, 0.25) is 0 Å². The molecule has 6 heterocycles. The highest BCUT2D eigenvalue weighted by molar-refractivity contribution is 6.36. The molecule has 0 unspecified atom stereocenters. The van der Waals surface area contributed by atoms with E-state index in [9.17, 15) is 4.39 Å². The van der Waals surface area contributed by atoms with E-state index in [2.05, 4.69) is 48.5 Å². The van der Waals surface area contributed by atoms with Crippen molar-refractivity contribution in [3.63, 3.8) is 0 Å². The highest BCUT2D eigenvalue weighted by atomic mass is 35.5. The van der Waals surface area contributed by atoms with Crippen molar-refractivity contribution < 1.29 is 9.13 Å². The highest BCUT2D eigenvalue weighted by Crippen LogP contribution is 2.41. The second-order valence-electron chi connectivity index (χ2n) is 11.9. The zero-order valence-corrected chi connectivity index (χ0v) is 23.7. The molecule has 0 aliphatic carbocycles. The van der Waals surface area contributed by atoms with Crippen LogP contribution in [0.15, 0.2) is 48.9 Å². The Balaban J connectivity index is 1.15. The summed E-state index contributed by atoms with van der Waals surface area (Å²) in [7, 11) is 0. The Bertz CT molecular complexity index is 1620. The molecule has 2 saturated heterocycles. The van der Waals surface area contributed by atoms with Gasteiger partial charge in [-0.15, -0.1) is 0 Å². The molecule has 0 bridgehead atoms. The van der Waals surface area contributed by atoms with E-state index in [1.807, 2.05) is 24.7 Å². The van der Waals surface area contributed by atoms with Gasteiger partial charge in [0.25, 0.3) is 0 Å². The van der Waals surface area contributed by atoms with Crippen LogP contribution in [0.25, 0.3) is 10.8 Å². The van der Waals surface area contributed by atoms with Crippen LogP contribution in [0.1, 0.15) is 36.2 Å². The van der Waals surface area contributed by atoms with Crippen LogP contribution in [0.4, 0.5) is 15.9 Å². The minimum atomic E-state index is -0.793. The van der Waals surface area contributed by atoms with Crippen molar-refractivity contribution in [1.82, 2.24) is 24.4 Å². The molecule has 8 nitrogen and oxygen atoms in total. The fourth-order valence-electron chi connectivity index (χ4n) is 7.47. The first-order valence-corrected chi connectivity index (χ1v) is 15.0. The molecule has 0 spiro atoms. The molecular formula is C31H33ClFN7O. The van der Waals surface area contributed by atoms with Gasteiger partial charge in [0.05, 0.1) is 41.4 Å². The van der Waals surface area contributed by atoms with Crippen LogP contribution in [-0.4, -0.2) is 68.9 Å². The predicted molar refractivity (Wildman–Crippen MR) is 158 cm³/mol. The summed E-state index contributed by atoms with van der Waals surface area (Å²) in [6, 6.07) is 12.8. The molecule has 212 valence electrons. The normalized spacial score (nSPS) is 24.0. The fourth-order valence-corrected chi connectivity index (χ4v) is 7.75. The number of halogens is 2. The van der Waals surface area contributed by atoms with E-state index in [1.165, 1.54) is 11.3 Å². The maximum atomic E-state index is 14.4. The Morgan fingerprint density at radius 3 is 2.85 bits per heavy atom. The summed E-state index contributed by atoms with van der Waals surface area (Å²) >= 11 is 6.71. The van der Waals surface area contributed by atoms with Crippen molar-refractivity contribution in [2.75, 3.05) is 42.6 Å². The summed E-state index contributed by atoms with van der Waals surface area (Å²) in [4.78, 5) is 21.4. The zero-order valence-electron chi connectivity index (χ0n) is 23.0. The van der Waals surface area contributed by atoms with Crippen molar-refractivity contribution in [3.8, 4) is 6.01 Å². The van der Waals surface area contributed by atoms with Crippen molar-refractivity contribution in [2.24, 2.45) is 0 Å². The van der Waals surface area contributed by atoms with E-state index in [0.717, 1.165) is 85.0 Å². The van der Waals surface area contributed by atoms with Crippen molar-refractivity contribution in [2.45, 2.75) is 57.0 Å². The van der Waals surface area contributed by atoms with Crippen LogP contribution in [0.5, 0.6) is 6.01 Å². The molecule has 0 amide bonds. The van der Waals surface area contributed by atoms with Crippen LogP contribution >= 0.6 is 11.6 Å². The summed E-state index contributed by atoms with van der Waals surface area (Å²) < 4.78 is 23.0. The maximum Gasteiger partial charge on any atom is 0.318 e. The number of fused-ring (bicyclic) bond motifs is 4. The van der Waals surface area contributed by atoms with Crippen molar-refractivity contribution >= 4 is 33.9 Å². The van der Waals surface area contributed by atoms with Gasteiger partial charge in [0.15, 0.2) is 0 Å². The van der Waals surface area contributed by atoms with Gasteiger partial charge in [0.1, 0.15) is 18.6 Å². The van der Waals surface area contributed by atoms with Crippen LogP contribution in [0.2, 0.25) is 5.02 Å². The van der Waals surface area contributed by atoms with Crippen LogP contribution in [-0.2, 0) is 26.1 Å². The van der Waals surface area contributed by atoms with Gasteiger partial charge in [-0.25, -0.2) is 9.37 Å². The SMILES string of the molecule is F[C@H]1CN2CCC[C@@]2(COc2nc3c(c(N4CCn5cncc5C4)n2)CCN(c2cccc4cccc(Cl)c24)C3)C1. The number of nitrogens with zero attached hydrogens (tertiary/aromatic N) is 7. The average molecular weight is 574 g/mol. The number of rotatable bonds is 5. The van der Waals surface area contributed by atoms with Crippen LogP contribution < -0.4 is 14.5 Å². The molecule has 0 saturated carbocycles. The molecule has 10 heteroatoms. The lowest BCUT2D eigenvalue weighted by atomic mass is 9.95. The molecule has 0 radical (unpaired) electrons. The minimum Gasteiger partial charge on any atom is -0.461 e. The molecule has 4 aliphatic heterocycles. The molecule has 0 N–H and O–H groups in total. The van der Waals surface area contributed by atoms with Crippen LogP contribution in [0.3, 0.4) is 0 Å². The number of benzene rings is 2. The van der Waals surface area contributed by atoms with Gasteiger partial charge >= 0.3 is 6.01 Å². The number of aromatic nitrogens is 4. The first kappa shape index (κ1) is 25.3. The lowest BCUT2D eigenvalue weighted by molar-refractivity contribution is 0.107. The zero-order chi connectivity index (χ0) is 27.6. The third-order valence-electron chi connectivity index (χ3n) is 9.49. The molecule has 4 aromatic rings. The molecule has 2 fully saturated rings. The standard InChI is InChI=1S/C31H33ClFN7O/c32-25-6-1-4-21-5-2-7-27(28(21)25)37-11-8-24-26(18-37)35-30(41-19-31-9-3-10-40(31)16-22(33)14-31)36-29(24)38-12-13-39-20-34-15-23(39)17-38/h1-2,4-7,15,20,22H,3,8-14,16-19H2/t22-,31+/m1/s1. The summed E-state index contributed by atoms with van der Waals surface area (Å²) in [6.45, 7) is 5.79. The second kappa shape index (κ2) is 9.84. The van der Waals surface area contributed by atoms with Gasteiger partial charge in [0, 0.05) is 55.4 Å². The van der Waals surface area contributed by atoms with Crippen LogP contribution in [0, 0.1) is 0 Å². The summed E-state index contributed by atoms with van der Waals surface area (Å²) in [5, 5.41) is 2.95. The van der Waals surface area contributed by atoms with E-state index in [0.29, 0.717) is 32.1 Å². The lowest BCUT2D eigenvalue weighted by Crippen LogP contribution is -2.43. The van der Waals surface area contributed by atoms with Crippen molar-refractivity contribution in [3.05, 3.63) is 70.9 Å². The van der Waals surface area contributed by atoms with E-state index in [4.69, 9.17) is 26.3 Å². The monoisotopic (exact) mass is 573 g/mol. The average Bonchev–Trinajstić information content (AvgIpc) is 3.69. The van der Waals surface area contributed by atoms with E-state index >= 15 is 0 Å². The van der Waals surface area contributed by atoms with Gasteiger partial charge in [-0.2, -0.15) is 9.97 Å². The molecular weight excluding hydrogens is 541 g/mol. The number of alkyl halides is 1. The molecule has 2 aromatic heterocycles.